The van der Waals surface area contributed by atoms with Gasteiger partial charge in [-0.3, -0.25) is 9.69 Å². The van der Waals surface area contributed by atoms with Crippen molar-refractivity contribution in [1.82, 2.24) is 10.2 Å². The van der Waals surface area contributed by atoms with E-state index in [1.165, 1.54) is 11.9 Å². The van der Waals surface area contributed by atoms with Gasteiger partial charge in [0, 0.05) is 13.0 Å². The molecule has 7 heteroatoms. The highest BCUT2D eigenvalue weighted by Gasteiger charge is 2.63. The zero-order valence-electron chi connectivity index (χ0n) is 20.8. The van der Waals surface area contributed by atoms with Crippen LogP contribution >= 0.6 is 0 Å². The molecule has 7 nitrogen and oxygen atoms in total. The summed E-state index contributed by atoms with van der Waals surface area (Å²) in [5.74, 6) is -1.14. The summed E-state index contributed by atoms with van der Waals surface area (Å²) < 4.78 is 11.0. The van der Waals surface area contributed by atoms with E-state index < -0.39 is 35.2 Å². The number of hydrogen-bond acceptors (Lipinski definition) is 5. The number of rotatable bonds is 7. The third kappa shape index (κ3) is 5.95. The third-order valence-corrected chi connectivity index (χ3v) is 6.01. The van der Waals surface area contributed by atoms with Gasteiger partial charge < -0.3 is 14.8 Å². The molecule has 0 aliphatic heterocycles. The van der Waals surface area contributed by atoms with Gasteiger partial charge in [-0.15, -0.1) is 0 Å². The van der Waals surface area contributed by atoms with Crippen LogP contribution in [0.4, 0.5) is 4.79 Å². The fourth-order valence-electron chi connectivity index (χ4n) is 3.72. The van der Waals surface area contributed by atoms with Crippen molar-refractivity contribution in [3.63, 3.8) is 0 Å². The number of nitrogens with one attached hydrogen (secondary N) is 1. The fraction of sp³-hybridized carbons (Fsp3) is 0.444. The van der Waals surface area contributed by atoms with E-state index in [4.69, 9.17) is 9.47 Å². The predicted molar refractivity (Wildman–Crippen MR) is 129 cm³/mol. The van der Waals surface area contributed by atoms with Gasteiger partial charge in [-0.2, -0.15) is 0 Å². The van der Waals surface area contributed by atoms with Crippen LogP contribution in [0.5, 0.6) is 0 Å². The Morgan fingerprint density at radius 2 is 1.71 bits per heavy atom. The fourth-order valence-corrected chi connectivity index (χ4v) is 3.72. The Kier molecular flexibility index (Phi) is 7.34. The highest BCUT2D eigenvalue weighted by atomic mass is 16.6. The number of benzene rings is 2. The molecule has 182 valence electrons. The predicted octanol–water partition coefficient (Wildman–Crippen LogP) is 4.34. The lowest BCUT2D eigenvalue weighted by Gasteiger charge is -2.29. The average Bonchev–Trinajstić information content (AvgIpc) is 3.51. The quantitative estimate of drug-likeness (QED) is 0.614. The Balaban J connectivity index is 1.76. The third-order valence-electron chi connectivity index (χ3n) is 6.01. The molecule has 1 aliphatic carbocycles. The van der Waals surface area contributed by atoms with Gasteiger partial charge in [0.15, 0.2) is 0 Å². The van der Waals surface area contributed by atoms with Gasteiger partial charge in [-0.25, -0.2) is 9.59 Å². The van der Waals surface area contributed by atoms with Gasteiger partial charge in [-0.05, 0) is 52.2 Å². The number of aryl methyl sites for hydroxylation is 1. The van der Waals surface area contributed by atoms with Crippen LogP contribution in [0.25, 0.3) is 0 Å². The minimum absolute atomic E-state index is 0.116. The molecule has 3 rings (SSSR count). The zero-order chi connectivity index (χ0) is 25.1. The first kappa shape index (κ1) is 25.3. The van der Waals surface area contributed by atoms with E-state index in [2.05, 4.69) is 5.32 Å². The van der Waals surface area contributed by atoms with Crippen molar-refractivity contribution in [2.45, 2.75) is 70.7 Å². The molecular formula is C27H34N2O5. The molecule has 2 amide bonds. The maximum atomic E-state index is 13.3. The number of nitrogens with zero attached hydrogens (tertiary/aromatic N) is 1. The summed E-state index contributed by atoms with van der Waals surface area (Å²) in [6, 6.07) is 16.5. The topological polar surface area (TPSA) is 84.9 Å². The Morgan fingerprint density at radius 3 is 2.29 bits per heavy atom. The van der Waals surface area contributed by atoms with Crippen LogP contribution in [0.3, 0.4) is 0 Å². The molecular weight excluding hydrogens is 432 g/mol. The molecule has 0 saturated heterocycles. The highest BCUT2D eigenvalue weighted by molar-refractivity contribution is 5.95. The number of esters is 1. The maximum absolute atomic E-state index is 13.3. The summed E-state index contributed by atoms with van der Waals surface area (Å²) in [6.45, 7) is 9.00. The second-order valence-corrected chi connectivity index (χ2v) is 9.96. The van der Waals surface area contributed by atoms with Crippen molar-refractivity contribution in [3.05, 3.63) is 71.3 Å². The number of carbonyl (C=O) groups is 3. The number of hydrogen-bond donors (Lipinski definition) is 1. The molecule has 2 aromatic carbocycles. The molecule has 1 saturated carbocycles. The summed E-state index contributed by atoms with van der Waals surface area (Å²) in [4.78, 5) is 40.1. The lowest BCUT2D eigenvalue weighted by atomic mass is 10.0. The van der Waals surface area contributed by atoms with E-state index in [1.807, 2.05) is 61.5 Å². The zero-order valence-corrected chi connectivity index (χ0v) is 20.8. The standard InChI is InChI=1S/C27H34N2O5/c1-18-12-14-21(15-13-18)22-16-27(22,24(31)33-17-20-10-8-7-9-11-20)28-23(30)19(2)29(6)25(32)34-26(3,4)5/h7-15,19,22H,16-17H2,1-6H3,(H,28,30)/t19-,22?,27?/m1/s1. The molecule has 2 unspecified atom stereocenters. The summed E-state index contributed by atoms with van der Waals surface area (Å²) in [5, 5.41) is 2.90. The monoisotopic (exact) mass is 466 g/mol. The summed E-state index contributed by atoms with van der Waals surface area (Å²) in [6.07, 6.45) is -0.181. The van der Waals surface area contributed by atoms with Crippen LogP contribution in [0, 0.1) is 6.92 Å². The van der Waals surface area contributed by atoms with Crippen molar-refractivity contribution >= 4 is 18.0 Å². The first-order chi connectivity index (χ1) is 15.9. The van der Waals surface area contributed by atoms with Crippen LogP contribution in [0.1, 0.15) is 56.7 Å². The normalized spacial score (nSPS) is 20.1. The van der Waals surface area contributed by atoms with E-state index >= 15 is 0 Å². The molecule has 2 aromatic rings. The van der Waals surface area contributed by atoms with Crippen LogP contribution < -0.4 is 5.32 Å². The Labute approximate surface area is 201 Å². The van der Waals surface area contributed by atoms with Gasteiger partial charge >= 0.3 is 12.1 Å². The second-order valence-electron chi connectivity index (χ2n) is 9.96. The van der Waals surface area contributed by atoms with Crippen LogP contribution in [-0.4, -0.2) is 47.1 Å². The summed E-state index contributed by atoms with van der Waals surface area (Å²) >= 11 is 0. The van der Waals surface area contributed by atoms with E-state index in [0.29, 0.717) is 6.42 Å². The summed E-state index contributed by atoms with van der Waals surface area (Å²) in [5.41, 5.74) is 1.07. The number of likely N-dealkylation sites (N-methyl/N-ethyl adjacent to an activating group) is 1. The van der Waals surface area contributed by atoms with E-state index in [0.717, 1.165) is 16.7 Å². The molecule has 0 bridgehead atoms. The second kappa shape index (κ2) is 9.87. The number of carbonyl (C=O) groups excluding carboxylic acids is 3. The SMILES string of the molecule is Cc1ccc(C2CC2(NC(=O)[C@@H](C)N(C)C(=O)OC(C)(C)C)C(=O)OCc2ccccc2)cc1. The highest BCUT2D eigenvalue weighted by Crippen LogP contribution is 2.52. The van der Waals surface area contributed by atoms with Gasteiger partial charge in [0.1, 0.15) is 23.8 Å². The minimum atomic E-state index is -1.18. The van der Waals surface area contributed by atoms with E-state index in [-0.39, 0.29) is 12.5 Å². The Hall–Kier alpha value is -3.35. The van der Waals surface area contributed by atoms with Crippen molar-refractivity contribution < 1.29 is 23.9 Å². The van der Waals surface area contributed by atoms with Crippen molar-refractivity contribution in [3.8, 4) is 0 Å². The van der Waals surface area contributed by atoms with Gasteiger partial charge in [0.25, 0.3) is 0 Å². The molecule has 0 heterocycles. The minimum Gasteiger partial charge on any atom is -0.459 e. The first-order valence-electron chi connectivity index (χ1n) is 11.5. The van der Waals surface area contributed by atoms with Gasteiger partial charge in [0.05, 0.1) is 0 Å². The molecule has 1 fully saturated rings. The van der Waals surface area contributed by atoms with Crippen molar-refractivity contribution in [1.29, 1.82) is 0 Å². The molecule has 34 heavy (non-hydrogen) atoms. The lowest BCUT2D eigenvalue weighted by molar-refractivity contribution is -0.151. The maximum Gasteiger partial charge on any atom is 0.410 e. The average molecular weight is 467 g/mol. The van der Waals surface area contributed by atoms with Crippen LogP contribution in [-0.2, 0) is 25.7 Å². The Morgan fingerprint density at radius 1 is 1.09 bits per heavy atom. The van der Waals surface area contributed by atoms with Gasteiger partial charge in [-0.1, -0.05) is 60.2 Å². The van der Waals surface area contributed by atoms with E-state index in [9.17, 15) is 14.4 Å². The van der Waals surface area contributed by atoms with Crippen LogP contribution in [0.2, 0.25) is 0 Å². The first-order valence-corrected chi connectivity index (χ1v) is 11.5. The molecule has 1 N–H and O–H groups in total. The number of amides is 2. The lowest BCUT2D eigenvalue weighted by Crippen LogP contribution is -2.53. The number of ether oxygens (including phenoxy) is 2. The van der Waals surface area contributed by atoms with Crippen molar-refractivity contribution in [2.75, 3.05) is 7.05 Å². The molecule has 0 radical (unpaired) electrons. The largest absolute Gasteiger partial charge is 0.459 e. The van der Waals surface area contributed by atoms with Crippen molar-refractivity contribution in [2.24, 2.45) is 0 Å². The van der Waals surface area contributed by atoms with E-state index in [1.54, 1.807) is 27.7 Å². The smallest absolute Gasteiger partial charge is 0.410 e. The molecule has 0 aromatic heterocycles. The summed E-state index contributed by atoms with van der Waals surface area (Å²) in [7, 11) is 1.50. The van der Waals surface area contributed by atoms with Crippen LogP contribution in [0.15, 0.2) is 54.6 Å². The molecule has 0 spiro atoms. The Bertz CT molecular complexity index is 1030. The molecule has 3 atom stereocenters. The molecule has 1 aliphatic rings. The van der Waals surface area contributed by atoms with Gasteiger partial charge in [0.2, 0.25) is 5.91 Å².